The molecule has 0 spiro atoms. The third-order valence-corrected chi connectivity index (χ3v) is 7.14. The highest BCUT2D eigenvalue weighted by Gasteiger charge is 2.31. The Bertz CT molecular complexity index is 1630. The van der Waals surface area contributed by atoms with Gasteiger partial charge in [-0.15, -0.1) is 0 Å². The fraction of sp³-hybridized carbons (Fsp3) is 0.296. The average molecular weight is 570 g/mol. The number of amides is 1. The molecule has 0 radical (unpaired) electrons. The van der Waals surface area contributed by atoms with E-state index in [9.17, 15) is 18.0 Å². The number of nitrogens with zero attached hydrogens (tertiary/aromatic N) is 5. The number of carbonyl (C=O) groups excluding carboxylic acids is 1. The minimum absolute atomic E-state index is 0.129. The Labute approximate surface area is 231 Å². The molecule has 40 heavy (non-hydrogen) atoms. The summed E-state index contributed by atoms with van der Waals surface area (Å²) >= 11 is 6.60. The maximum Gasteiger partial charge on any atom is 0.416 e. The molecule has 0 saturated carbocycles. The minimum Gasteiger partial charge on any atom is -0.381 e. The zero-order valence-corrected chi connectivity index (χ0v) is 21.8. The molecule has 0 aliphatic carbocycles. The van der Waals surface area contributed by atoms with Gasteiger partial charge in [0, 0.05) is 66.1 Å². The van der Waals surface area contributed by atoms with Crippen LogP contribution in [0.25, 0.3) is 22.5 Å². The molecular formula is C27H23ClF3N7O2. The van der Waals surface area contributed by atoms with Gasteiger partial charge in [0.25, 0.3) is 5.91 Å². The Hall–Kier alpha value is -4.03. The molecule has 9 nitrogen and oxygen atoms in total. The highest BCUT2D eigenvalue weighted by atomic mass is 35.5. The maximum atomic E-state index is 13.1. The summed E-state index contributed by atoms with van der Waals surface area (Å²) in [5.41, 5.74) is 1.64. The zero-order chi connectivity index (χ0) is 27.9. The highest BCUT2D eigenvalue weighted by Crippen LogP contribution is 2.40. The van der Waals surface area contributed by atoms with Crippen LogP contribution < -0.4 is 16.3 Å². The van der Waals surface area contributed by atoms with Crippen LogP contribution in [-0.4, -0.2) is 51.2 Å². The molecule has 1 saturated heterocycles. The molecule has 6 rings (SSSR count). The molecule has 4 aliphatic rings. The molecule has 4 aliphatic heterocycles. The van der Waals surface area contributed by atoms with Gasteiger partial charge < -0.3 is 19.9 Å². The number of alkyl halides is 3. The van der Waals surface area contributed by atoms with E-state index in [1.54, 1.807) is 24.4 Å². The summed E-state index contributed by atoms with van der Waals surface area (Å²) in [4.78, 5) is 30.4. The van der Waals surface area contributed by atoms with E-state index >= 15 is 0 Å². The second kappa shape index (κ2) is 10.5. The van der Waals surface area contributed by atoms with E-state index in [0.717, 1.165) is 47.9 Å². The second-order valence-corrected chi connectivity index (χ2v) is 9.89. The van der Waals surface area contributed by atoms with Crippen LogP contribution in [0.3, 0.4) is 0 Å². The van der Waals surface area contributed by atoms with Gasteiger partial charge in [-0.1, -0.05) is 11.6 Å². The van der Waals surface area contributed by atoms with Crippen LogP contribution in [0.4, 0.5) is 24.7 Å². The largest absolute Gasteiger partial charge is 0.416 e. The van der Waals surface area contributed by atoms with Crippen LogP contribution in [0, 0.1) is 0 Å². The van der Waals surface area contributed by atoms with Crippen molar-refractivity contribution in [2.24, 2.45) is 4.99 Å². The summed E-state index contributed by atoms with van der Waals surface area (Å²) in [6.07, 6.45) is -0.230. The standard InChI is InChI=1S/C27H23ClF3N7O2/c28-21-2-1-18(35-25(39)22-12-16(3-6-32-22)27(29,30)31)13-19(21)20-11-15-14-34-26(36-17-4-9-40-10-5-17)37-23(15)38-8-7-33-24(20)38/h1-3,6,11-14,17,33H,4-5,7-10H2,(H,35,39). The fourth-order valence-electron chi connectivity index (χ4n) is 4.84. The SMILES string of the molecule is O=C(Nc1ccc(Cl)c(-c2cc3cnc(=NC4CCOCC4)nc-3n3c2NCC3)c1)c1cc(C(F)(F)F)ccn1. The Morgan fingerprint density at radius 3 is 2.75 bits per heavy atom. The third-order valence-electron chi connectivity index (χ3n) is 6.81. The Morgan fingerprint density at radius 1 is 1.12 bits per heavy atom. The van der Waals surface area contributed by atoms with Crippen molar-refractivity contribution in [3.8, 4) is 22.5 Å². The lowest BCUT2D eigenvalue weighted by Gasteiger charge is -2.19. The molecule has 1 aromatic heterocycles. The predicted molar refractivity (Wildman–Crippen MR) is 142 cm³/mol. The number of ether oxygens (including phenoxy) is 1. The minimum atomic E-state index is -4.59. The smallest absolute Gasteiger partial charge is 0.381 e. The quantitative estimate of drug-likeness (QED) is 0.363. The number of pyridine rings is 2. The Kier molecular flexibility index (Phi) is 6.88. The number of halogens is 4. The van der Waals surface area contributed by atoms with E-state index < -0.39 is 17.6 Å². The lowest BCUT2D eigenvalue weighted by atomic mass is 10.0. The number of rotatable bonds is 4. The number of anilines is 2. The van der Waals surface area contributed by atoms with E-state index in [4.69, 9.17) is 26.3 Å². The first-order chi connectivity index (χ1) is 19.3. The summed E-state index contributed by atoms with van der Waals surface area (Å²) < 4.78 is 46.7. The summed E-state index contributed by atoms with van der Waals surface area (Å²) in [6.45, 7) is 2.70. The summed E-state index contributed by atoms with van der Waals surface area (Å²) in [5, 5.41) is 6.44. The van der Waals surface area contributed by atoms with Crippen LogP contribution >= 0.6 is 11.6 Å². The second-order valence-electron chi connectivity index (χ2n) is 9.48. The maximum absolute atomic E-state index is 13.1. The number of hydrogen-bond donors (Lipinski definition) is 2. The van der Waals surface area contributed by atoms with Crippen LogP contribution in [0.1, 0.15) is 28.9 Å². The molecule has 2 aromatic rings. The van der Waals surface area contributed by atoms with Crippen molar-refractivity contribution in [3.05, 3.63) is 70.7 Å². The molecule has 1 fully saturated rings. The number of aromatic nitrogens is 4. The van der Waals surface area contributed by atoms with Crippen molar-refractivity contribution in [2.45, 2.75) is 31.6 Å². The number of hydrogen-bond acceptors (Lipinski definition) is 7. The topological polar surface area (TPSA) is 106 Å². The van der Waals surface area contributed by atoms with Crippen molar-refractivity contribution in [1.29, 1.82) is 0 Å². The van der Waals surface area contributed by atoms with Gasteiger partial charge in [0.2, 0.25) is 5.62 Å². The van der Waals surface area contributed by atoms with Crippen LogP contribution in [0.2, 0.25) is 5.02 Å². The van der Waals surface area contributed by atoms with Crippen LogP contribution in [-0.2, 0) is 17.5 Å². The van der Waals surface area contributed by atoms with Gasteiger partial charge in [0.05, 0.1) is 11.6 Å². The fourth-order valence-corrected chi connectivity index (χ4v) is 5.06. The molecule has 0 unspecified atom stereocenters. The van der Waals surface area contributed by atoms with Crippen molar-refractivity contribution >= 4 is 29.0 Å². The van der Waals surface area contributed by atoms with E-state index in [-0.39, 0.29) is 11.7 Å². The first-order valence-corrected chi connectivity index (χ1v) is 13.0. The van der Waals surface area contributed by atoms with Gasteiger partial charge in [0.1, 0.15) is 17.3 Å². The number of fused-ring (bicyclic) bond motifs is 3. The Balaban J connectivity index is 1.35. The van der Waals surface area contributed by atoms with E-state index in [2.05, 4.69) is 20.6 Å². The van der Waals surface area contributed by atoms with Crippen molar-refractivity contribution in [2.75, 3.05) is 30.4 Å². The average Bonchev–Trinajstić information content (AvgIpc) is 3.45. The molecule has 1 aromatic carbocycles. The van der Waals surface area contributed by atoms with Crippen molar-refractivity contribution < 1.29 is 22.7 Å². The van der Waals surface area contributed by atoms with E-state index in [1.807, 2.05) is 10.6 Å². The van der Waals surface area contributed by atoms with Gasteiger partial charge in [0.15, 0.2) is 0 Å². The first-order valence-electron chi connectivity index (χ1n) is 12.7. The third kappa shape index (κ3) is 5.24. The molecule has 0 bridgehead atoms. The first kappa shape index (κ1) is 26.2. The lowest BCUT2D eigenvalue weighted by molar-refractivity contribution is -0.137. The summed E-state index contributed by atoms with van der Waals surface area (Å²) in [5.74, 6) is 0.763. The lowest BCUT2D eigenvalue weighted by Crippen LogP contribution is -2.25. The van der Waals surface area contributed by atoms with Crippen LogP contribution in [0.5, 0.6) is 0 Å². The summed E-state index contributed by atoms with van der Waals surface area (Å²) in [7, 11) is 0. The van der Waals surface area contributed by atoms with Gasteiger partial charge in [-0.3, -0.25) is 9.78 Å². The monoisotopic (exact) mass is 569 g/mol. The highest BCUT2D eigenvalue weighted by molar-refractivity contribution is 6.33. The van der Waals surface area contributed by atoms with Gasteiger partial charge in [-0.2, -0.15) is 18.2 Å². The molecule has 206 valence electrons. The van der Waals surface area contributed by atoms with Crippen molar-refractivity contribution in [3.63, 3.8) is 0 Å². The van der Waals surface area contributed by atoms with Crippen molar-refractivity contribution in [1.82, 2.24) is 19.5 Å². The van der Waals surface area contributed by atoms with E-state index in [0.29, 0.717) is 54.3 Å². The van der Waals surface area contributed by atoms with Gasteiger partial charge in [-0.05, 0) is 49.2 Å². The molecule has 0 atom stereocenters. The molecule has 2 N–H and O–H groups in total. The summed E-state index contributed by atoms with van der Waals surface area (Å²) in [6, 6.07) is 8.44. The Morgan fingerprint density at radius 2 is 1.95 bits per heavy atom. The van der Waals surface area contributed by atoms with Gasteiger partial charge in [-0.25, -0.2) is 9.98 Å². The van der Waals surface area contributed by atoms with Crippen LogP contribution in [0.15, 0.2) is 53.8 Å². The van der Waals surface area contributed by atoms with Gasteiger partial charge >= 0.3 is 6.18 Å². The van der Waals surface area contributed by atoms with E-state index in [1.165, 1.54) is 0 Å². The zero-order valence-electron chi connectivity index (χ0n) is 21.0. The number of carbonyl (C=O) groups is 1. The number of nitrogens with one attached hydrogen (secondary N) is 2. The molecule has 13 heteroatoms. The molecule has 5 heterocycles. The predicted octanol–water partition coefficient (Wildman–Crippen LogP) is 4.87. The molecular weight excluding hydrogens is 547 g/mol. The normalized spacial score (nSPS) is 16.1. The number of benzene rings is 1. The molecule has 1 amide bonds.